The van der Waals surface area contributed by atoms with E-state index in [1.54, 1.807) is 19.1 Å². The first-order valence-electron chi connectivity index (χ1n) is 8.68. The van der Waals surface area contributed by atoms with E-state index in [1.165, 1.54) is 6.92 Å². The number of likely N-dealkylation sites (N-methyl/N-ethyl adjacent to an activating group) is 1. The topological polar surface area (TPSA) is 94.8 Å². The summed E-state index contributed by atoms with van der Waals surface area (Å²) >= 11 is 0. The molecule has 138 valence electrons. The highest BCUT2D eigenvalue weighted by atomic mass is 16.6. The molecule has 0 saturated carbocycles. The van der Waals surface area contributed by atoms with Crippen molar-refractivity contribution in [2.24, 2.45) is 0 Å². The molecule has 1 amide bonds. The molecule has 0 bridgehead atoms. The van der Waals surface area contributed by atoms with Gasteiger partial charge in [-0.25, -0.2) is 9.59 Å². The molecule has 7 heteroatoms. The summed E-state index contributed by atoms with van der Waals surface area (Å²) in [6.07, 6.45) is 1.68. The van der Waals surface area contributed by atoms with Crippen molar-refractivity contribution in [2.45, 2.75) is 39.2 Å². The lowest BCUT2D eigenvalue weighted by molar-refractivity contribution is -0.156. The molecule has 26 heavy (non-hydrogen) atoms. The van der Waals surface area contributed by atoms with E-state index < -0.39 is 12.1 Å². The van der Waals surface area contributed by atoms with Crippen LogP contribution in [0.4, 0.5) is 0 Å². The number of amides is 1. The Morgan fingerprint density at radius 2 is 2.04 bits per heavy atom. The van der Waals surface area contributed by atoms with Gasteiger partial charge in [-0.1, -0.05) is 0 Å². The Kier molecular flexibility index (Phi) is 5.25. The first kappa shape index (κ1) is 18.0. The van der Waals surface area contributed by atoms with Crippen molar-refractivity contribution in [3.8, 4) is 5.75 Å². The lowest BCUT2D eigenvalue weighted by atomic mass is 10.1. The van der Waals surface area contributed by atoms with Gasteiger partial charge in [-0.2, -0.15) is 0 Å². The quantitative estimate of drug-likeness (QED) is 0.623. The van der Waals surface area contributed by atoms with Gasteiger partial charge < -0.3 is 19.2 Å². The molecule has 1 aromatic carbocycles. The maximum absolute atomic E-state index is 12.0. The van der Waals surface area contributed by atoms with Crippen molar-refractivity contribution in [3.05, 3.63) is 39.7 Å². The number of ether oxygens (including phenoxy) is 2. The number of nitrogens with one attached hydrogen (secondary N) is 1. The van der Waals surface area contributed by atoms with Gasteiger partial charge in [0.25, 0.3) is 5.91 Å². The van der Waals surface area contributed by atoms with Gasteiger partial charge in [0.2, 0.25) is 0 Å². The molecule has 1 aromatic heterocycles. The van der Waals surface area contributed by atoms with Gasteiger partial charge in [0.15, 0.2) is 12.7 Å². The van der Waals surface area contributed by atoms with E-state index in [1.807, 2.05) is 6.07 Å². The summed E-state index contributed by atoms with van der Waals surface area (Å²) < 4.78 is 15.8. The molecule has 1 N–H and O–H groups in total. The van der Waals surface area contributed by atoms with Crippen LogP contribution in [-0.2, 0) is 27.2 Å². The second-order valence-corrected chi connectivity index (χ2v) is 6.17. The summed E-state index contributed by atoms with van der Waals surface area (Å²) in [5.74, 6) is -0.623. The van der Waals surface area contributed by atoms with Gasteiger partial charge in [-0.05, 0) is 50.8 Å². The average molecular weight is 359 g/mol. The van der Waals surface area contributed by atoms with Crippen LogP contribution in [-0.4, -0.2) is 31.1 Å². The third-order valence-corrected chi connectivity index (χ3v) is 4.33. The van der Waals surface area contributed by atoms with Crippen molar-refractivity contribution >= 4 is 22.8 Å². The largest absolute Gasteiger partial charge is 0.482 e. The predicted octanol–water partition coefficient (Wildman–Crippen LogP) is 1.73. The van der Waals surface area contributed by atoms with Gasteiger partial charge in [0.05, 0.1) is 0 Å². The fraction of sp³-hybridized carbons (Fsp3) is 0.421. The van der Waals surface area contributed by atoms with Gasteiger partial charge in [-0.3, -0.25) is 4.79 Å². The summed E-state index contributed by atoms with van der Waals surface area (Å²) in [7, 11) is 0. The Labute approximate surface area is 150 Å². The summed E-state index contributed by atoms with van der Waals surface area (Å²) in [6.45, 7) is 3.39. The van der Waals surface area contributed by atoms with E-state index >= 15 is 0 Å². The van der Waals surface area contributed by atoms with Crippen LogP contribution in [0.25, 0.3) is 11.0 Å². The van der Waals surface area contributed by atoms with Gasteiger partial charge >= 0.3 is 11.6 Å². The smallest absolute Gasteiger partial charge is 0.344 e. The minimum atomic E-state index is -0.886. The number of hydrogen-bond acceptors (Lipinski definition) is 6. The van der Waals surface area contributed by atoms with Crippen molar-refractivity contribution in [1.29, 1.82) is 0 Å². The van der Waals surface area contributed by atoms with Crippen LogP contribution >= 0.6 is 0 Å². The molecule has 1 aliphatic carbocycles. The SMILES string of the molecule is CCNC(=O)[C@H](C)OC(=O)COc1ccc2c3c(c(=O)oc2c1)CCC3. The number of carbonyl (C=O) groups is 2. The normalized spacial score (nSPS) is 13.9. The molecule has 0 spiro atoms. The molecule has 1 heterocycles. The first-order valence-corrected chi connectivity index (χ1v) is 8.68. The monoisotopic (exact) mass is 359 g/mol. The third-order valence-electron chi connectivity index (χ3n) is 4.33. The van der Waals surface area contributed by atoms with Gasteiger partial charge in [0.1, 0.15) is 11.3 Å². The molecule has 2 aromatic rings. The van der Waals surface area contributed by atoms with Gasteiger partial charge in [-0.15, -0.1) is 0 Å². The predicted molar refractivity (Wildman–Crippen MR) is 94.2 cm³/mol. The number of hydrogen-bond donors (Lipinski definition) is 1. The van der Waals surface area contributed by atoms with Gasteiger partial charge in [0, 0.05) is 23.6 Å². The molecule has 1 atom stereocenters. The van der Waals surface area contributed by atoms with Crippen LogP contribution < -0.4 is 15.7 Å². The maximum Gasteiger partial charge on any atom is 0.344 e. The standard InChI is InChI=1S/C19H21NO6/c1-3-20-18(22)11(2)25-17(21)10-24-12-7-8-14-13-5-4-6-15(13)19(23)26-16(14)9-12/h7-9,11H,3-6,10H2,1-2H3,(H,20,22)/t11-/m0/s1. The summed E-state index contributed by atoms with van der Waals surface area (Å²) in [5, 5.41) is 3.47. The minimum absolute atomic E-state index is 0.308. The maximum atomic E-state index is 12.0. The summed E-state index contributed by atoms with van der Waals surface area (Å²) in [4.78, 5) is 35.4. The molecular weight excluding hydrogens is 338 g/mol. The van der Waals surface area contributed by atoms with E-state index in [0.717, 1.165) is 35.8 Å². The lowest BCUT2D eigenvalue weighted by Crippen LogP contribution is -2.36. The second-order valence-electron chi connectivity index (χ2n) is 6.17. The summed E-state index contributed by atoms with van der Waals surface area (Å²) in [5.41, 5.74) is 1.93. The van der Waals surface area contributed by atoms with Crippen molar-refractivity contribution in [1.82, 2.24) is 5.32 Å². The first-order chi connectivity index (χ1) is 12.5. The summed E-state index contributed by atoms with van der Waals surface area (Å²) in [6, 6.07) is 5.15. The van der Waals surface area contributed by atoms with Crippen LogP contribution in [0.15, 0.2) is 27.4 Å². The molecule has 7 nitrogen and oxygen atoms in total. The average Bonchev–Trinajstić information content (AvgIpc) is 3.10. The molecule has 3 rings (SSSR count). The lowest BCUT2D eigenvalue weighted by Gasteiger charge is -2.13. The number of rotatable bonds is 6. The molecule has 0 fully saturated rings. The van der Waals surface area contributed by atoms with E-state index in [0.29, 0.717) is 17.9 Å². The molecule has 0 unspecified atom stereocenters. The third kappa shape index (κ3) is 3.71. The van der Waals surface area contributed by atoms with Crippen LogP contribution in [0.3, 0.4) is 0 Å². The van der Waals surface area contributed by atoms with E-state index in [-0.39, 0.29) is 18.1 Å². The number of benzene rings is 1. The molecule has 0 radical (unpaired) electrons. The number of fused-ring (bicyclic) bond motifs is 3. The Hall–Kier alpha value is -2.83. The number of carbonyl (C=O) groups excluding carboxylic acids is 2. The van der Waals surface area contributed by atoms with Crippen molar-refractivity contribution in [3.63, 3.8) is 0 Å². The zero-order valence-electron chi connectivity index (χ0n) is 14.8. The van der Waals surface area contributed by atoms with Crippen LogP contribution in [0.5, 0.6) is 5.75 Å². The fourth-order valence-electron chi connectivity index (χ4n) is 3.10. The molecule has 0 aliphatic heterocycles. The Morgan fingerprint density at radius 3 is 2.81 bits per heavy atom. The Balaban J connectivity index is 1.66. The van der Waals surface area contributed by atoms with Crippen molar-refractivity contribution in [2.75, 3.05) is 13.2 Å². The highest BCUT2D eigenvalue weighted by molar-refractivity contribution is 5.84. The number of aryl methyl sites for hydroxylation is 1. The van der Waals surface area contributed by atoms with E-state index in [9.17, 15) is 14.4 Å². The highest BCUT2D eigenvalue weighted by Gasteiger charge is 2.20. The van der Waals surface area contributed by atoms with Crippen LogP contribution in [0.1, 0.15) is 31.4 Å². The minimum Gasteiger partial charge on any atom is -0.482 e. The zero-order chi connectivity index (χ0) is 18.7. The molecule has 0 saturated heterocycles. The fourth-order valence-corrected chi connectivity index (χ4v) is 3.10. The Morgan fingerprint density at radius 1 is 1.27 bits per heavy atom. The van der Waals surface area contributed by atoms with Crippen molar-refractivity contribution < 1.29 is 23.5 Å². The van der Waals surface area contributed by atoms with E-state index in [4.69, 9.17) is 13.9 Å². The molecular formula is C19H21NO6. The Bertz CT molecular complexity index is 901. The van der Waals surface area contributed by atoms with Crippen LogP contribution in [0.2, 0.25) is 0 Å². The van der Waals surface area contributed by atoms with Crippen LogP contribution in [0, 0.1) is 0 Å². The van der Waals surface area contributed by atoms with E-state index in [2.05, 4.69) is 5.32 Å². The zero-order valence-corrected chi connectivity index (χ0v) is 14.8. The second kappa shape index (κ2) is 7.59. The molecule has 1 aliphatic rings. The number of esters is 1. The highest BCUT2D eigenvalue weighted by Crippen LogP contribution is 2.29.